The third-order valence-corrected chi connectivity index (χ3v) is 6.14. The molecule has 31 heavy (non-hydrogen) atoms. The van der Waals surface area contributed by atoms with Crippen LogP contribution in [0.2, 0.25) is 0 Å². The van der Waals surface area contributed by atoms with Crippen LogP contribution < -0.4 is 16.4 Å². The normalized spacial score (nSPS) is 18.4. The molecule has 1 aliphatic rings. The summed E-state index contributed by atoms with van der Waals surface area (Å²) in [5.41, 5.74) is 11.0. The highest BCUT2D eigenvalue weighted by Gasteiger charge is 2.23. The van der Waals surface area contributed by atoms with Crippen molar-refractivity contribution < 1.29 is 4.79 Å². The van der Waals surface area contributed by atoms with Gasteiger partial charge in [0.1, 0.15) is 0 Å². The Morgan fingerprint density at radius 1 is 1.06 bits per heavy atom. The fraction of sp³-hybridized carbons (Fsp3) is 0.320. The fourth-order valence-corrected chi connectivity index (χ4v) is 4.12. The molecule has 4 N–H and O–H groups in total. The second kappa shape index (κ2) is 9.16. The van der Waals surface area contributed by atoms with Gasteiger partial charge in [0.2, 0.25) is 5.95 Å². The average Bonchev–Trinajstić information content (AvgIpc) is 2.78. The molecule has 0 saturated heterocycles. The molecule has 2 unspecified atom stereocenters. The van der Waals surface area contributed by atoms with Crippen LogP contribution in [0.4, 0.5) is 17.3 Å². The Hall–Kier alpha value is -3.41. The zero-order valence-corrected chi connectivity index (χ0v) is 18.1. The summed E-state index contributed by atoms with van der Waals surface area (Å²) >= 11 is 0. The van der Waals surface area contributed by atoms with Gasteiger partial charge in [0.25, 0.3) is 5.91 Å². The van der Waals surface area contributed by atoms with Crippen LogP contribution in [0.1, 0.15) is 48.5 Å². The number of rotatable bonds is 5. The Morgan fingerprint density at radius 3 is 2.61 bits per heavy atom. The van der Waals surface area contributed by atoms with E-state index in [1.54, 1.807) is 6.20 Å². The van der Waals surface area contributed by atoms with Crippen LogP contribution >= 0.6 is 0 Å². The van der Waals surface area contributed by atoms with Crippen molar-refractivity contribution in [2.45, 2.75) is 45.6 Å². The minimum atomic E-state index is -0.0133. The maximum Gasteiger partial charge on any atom is 0.251 e. The van der Waals surface area contributed by atoms with E-state index in [0.29, 0.717) is 17.4 Å². The van der Waals surface area contributed by atoms with Crippen molar-refractivity contribution in [3.05, 3.63) is 65.9 Å². The van der Waals surface area contributed by atoms with Gasteiger partial charge in [0, 0.05) is 34.7 Å². The molecule has 1 saturated carbocycles. The molecule has 1 amide bonds. The summed E-state index contributed by atoms with van der Waals surface area (Å²) in [6.45, 7) is 4.20. The first-order valence-electron chi connectivity index (χ1n) is 10.9. The number of nitrogens with zero attached hydrogens (tertiary/aromatic N) is 2. The number of benzene rings is 2. The molecule has 0 aliphatic heterocycles. The zero-order valence-electron chi connectivity index (χ0n) is 18.1. The van der Waals surface area contributed by atoms with Crippen molar-refractivity contribution in [1.29, 1.82) is 0 Å². The molecule has 4 rings (SSSR count). The molecule has 0 bridgehead atoms. The van der Waals surface area contributed by atoms with Crippen molar-refractivity contribution in [2.75, 3.05) is 11.1 Å². The van der Waals surface area contributed by atoms with Gasteiger partial charge < -0.3 is 16.4 Å². The molecule has 1 fully saturated rings. The number of anilines is 3. The lowest BCUT2D eigenvalue weighted by Crippen LogP contribution is -2.41. The van der Waals surface area contributed by atoms with E-state index in [4.69, 9.17) is 5.73 Å². The molecule has 1 aromatic heterocycles. The van der Waals surface area contributed by atoms with Gasteiger partial charge in [-0.25, -0.2) is 9.97 Å². The summed E-state index contributed by atoms with van der Waals surface area (Å²) < 4.78 is 0. The number of carbonyl (C=O) groups excluding carboxylic acids is 1. The SMILES string of the molecule is Cc1c(N)cccc1-c1ccnc(Nc2ccc(C(=O)NC3CCCCC3C)cc2)n1. The number of amides is 1. The van der Waals surface area contributed by atoms with Crippen LogP contribution in [0.25, 0.3) is 11.3 Å². The van der Waals surface area contributed by atoms with Crippen molar-refractivity contribution >= 4 is 23.2 Å². The summed E-state index contributed by atoms with van der Waals surface area (Å²) in [6.07, 6.45) is 6.41. The van der Waals surface area contributed by atoms with Crippen molar-refractivity contribution in [3.8, 4) is 11.3 Å². The summed E-state index contributed by atoms with van der Waals surface area (Å²) in [6, 6.07) is 15.4. The van der Waals surface area contributed by atoms with Gasteiger partial charge in [-0.3, -0.25) is 4.79 Å². The van der Waals surface area contributed by atoms with E-state index >= 15 is 0 Å². The van der Waals surface area contributed by atoms with E-state index in [-0.39, 0.29) is 11.9 Å². The van der Waals surface area contributed by atoms with Crippen LogP contribution in [-0.4, -0.2) is 21.9 Å². The van der Waals surface area contributed by atoms with Crippen molar-refractivity contribution in [3.63, 3.8) is 0 Å². The van der Waals surface area contributed by atoms with E-state index < -0.39 is 0 Å². The van der Waals surface area contributed by atoms with Gasteiger partial charge in [0.05, 0.1) is 5.69 Å². The van der Waals surface area contributed by atoms with Crippen LogP contribution in [0.5, 0.6) is 0 Å². The molecule has 2 aromatic carbocycles. The number of hydrogen-bond acceptors (Lipinski definition) is 5. The van der Waals surface area contributed by atoms with E-state index in [1.807, 2.05) is 55.5 Å². The Bertz CT molecular complexity index is 1060. The van der Waals surface area contributed by atoms with Gasteiger partial charge in [0.15, 0.2) is 0 Å². The highest BCUT2D eigenvalue weighted by molar-refractivity contribution is 5.94. The van der Waals surface area contributed by atoms with Crippen LogP contribution in [0.3, 0.4) is 0 Å². The predicted octanol–water partition coefficient (Wildman–Crippen LogP) is 5.09. The first-order valence-corrected chi connectivity index (χ1v) is 10.9. The van der Waals surface area contributed by atoms with Gasteiger partial charge in [-0.05, 0) is 67.6 Å². The molecule has 6 heteroatoms. The maximum absolute atomic E-state index is 12.6. The number of nitrogens with two attached hydrogens (primary N) is 1. The second-order valence-electron chi connectivity index (χ2n) is 8.33. The Balaban J connectivity index is 1.44. The molecular formula is C25H29N5O. The second-order valence-corrected chi connectivity index (χ2v) is 8.33. The highest BCUT2D eigenvalue weighted by atomic mass is 16.1. The number of nitrogen functional groups attached to an aromatic ring is 1. The lowest BCUT2D eigenvalue weighted by Gasteiger charge is -2.29. The fourth-order valence-electron chi connectivity index (χ4n) is 4.12. The lowest BCUT2D eigenvalue weighted by atomic mass is 9.86. The molecule has 1 aliphatic carbocycles. The van der Waals surface area contributed by atoms with Crippen LogP contribution in [0.15, 0.2) is 54.7 Å². The minimum absolute atomic E-state index is 0.0133. The largest absolute Gasteiger partial charge is 0.398 e. The molecule has 0 spiro atoms. The smallest absolute Gasteiger partial charge is 0.251 e. The van der Waals surface area contributed by atoms with Crippen molar-refractivity contribution in [1.82, 2.24) is 15.3 Å². The summed E-state index contributed by atoms with van der Waals surface area (Å²) in [5, 5.41) is 6.41. The van der Waals surface area contributed by atoms with Gasteiger partial charge in [-0.15, -0.1) is 0 Å². The molecule has 2 atom stereocenters. The van der Waals surface area contributed by atoms with Crippen LogP contribution in [-0.2, 0) is 0 Å². The molecule has 1 heterocycles. The van der Waals surface area contributed by atoms with Crippen molar-refractivity contribution in [2.24, 2.45) is 5.92 Å². The molecule has 160 valence electrons. The molecule has 6 nitrogen and oxygen atoms in total. The average molecular weight is 416 g/mol. The molecule has 0 radical (unpaired) electrons. The van der Waals surface area contributed by atoms with Gasteiger partial charge in [-0.1, -0.05) is 31.9 Å². The quantitative estimate of drug-likeness (QED) is 0.505. The van der Waals surface area contributed by atoms with Gasteiger partial charge in [-0.2, -0.15) is 0 Å². The van der Waals surface area contributed by atoms with E-state index in [9.17, 15) is 4.79 Å². The molecular weight excluding hydrogens is 386 g/mol. The third kappa shape index (κ3) is 4.85. The first kappa shape index (κ1) is 20.8. The lowest BCUT2D eigenvalue weighted by molar-refractivity contribution is 0.0910. The van der Waals surface area contributed by atoms with E-state index in [1.165, 1.54) is 19.3 Å². The Labute approximate surface area is 183 Å². The molecule has 3 aromatic rings. The maximum atomic E-state index is 12.6. The zero-order chi connectivity index (χ0) is 21.8. The van der Waals surface area contributed by atoms with Gasteiger partial charge >= 0.3 is 0 Å². The predicted molar refractivity (Wildman–Crippen MR) is 125 cm³/mol. The summed E-state index contributed by atoms with van der Waals surface area (Å²) in [5.74, 6) is 1.01. The Kier molecular flexibility index (Phi) is 6.16. The number of aromatic nitrogens is 2. The number of nitrogens with one attached hydrogen (secondary N) is 2. The monoisotopic (exact) mass is 415 g/mol. The van der Waals surface area contributed by atoms with Crippen LogP contribution in [0, 0.1) is 12.8 Å². The Morgan fingerprint density at radius 2 is 1.84 bits per heavy atom. The standard InChI is InChI=1S/C25H29N5O/c1-16-6-3-4-9-22(16)29-24(31)18-10-12-19(13-11-18)28-25-27-15-14-23(30-25)20-7-5-8-21(26)17(20)2/h5,7-8,10-16,22H,3-4,6,9,26H2,1-2H3,(H,29,31)(H,27,28,30). The minimum Gasteiger partial charge on any atom is -0.398 e. The van der Waals surface area contributed by atoms with E-state index in [0.717, 1.165) is 34.6 Å². The highest BCUT2D eigenvalue weighted by Crippen LogP contribution is 2.27. The summed E-state index contributed by atoms with van der Waals surface area (Å²) in [7, 11) is 0. The third-order valence-electron chi connectivity index (χ3n) is 6.14. The summed E-state index contributed by atoms with van der Waals surface area (Å²) in [4.78, 5) is 21.6. The van der Waals surface area contributed by atoms with E-state index in [2.05, 4.69) is 27.5 Å². The number of carbonyl (C=O) groups is 1. The topological polar surface area (TPSA) is 92.9 Å². The first-order chi connectivity index (χ1) is 15.0. The number of hydrogen-bond donors (Lipinski definition) is 3.